The molecule has 198 valence electrons. The minimum atomic E-state index is -3.44. The molecule has 0 amide bonds. The van der Waals surface area contributed by atoms with E-state index in [9.17, 15) is 8.42 Å². The monoisotopic (exact) mass is 522 g/mol. The summed E-state index contributed by atoms with van der Waals surface area (Å²) in [7, 11) is -3.44. The second-order valence-electron chi connectivity index (χ2n) is 12.2. The highest BCUT2D eigenvalue weighted by molar-refractivity contribution is 8.00. The molecule has 3 unspecified atom stereocenters. The first-order chi connectivity index (χ1) is 16.4. The lowest BCUT2D eigenvalue weighted by molar-refractivity contribution is 0.0183. The molecule has 0 spiro atoms. The van der Waals surface area contributed by atoms with Crippen molar-refractivity contribution in [2.24, 2.45) is 16.7 Å². The van der Waals surface area contributed by atoms with Crippen LogP contribution in [0.5, 0.6) is 0 Å². The summed E-state index contributed by atoms with van der Waals surface area (Å²) in [6.45, 7) is 17.2. The summed E-state index contributed by atoms with van der Waals surface area (Å²) in [4.78, 5) is 2.55. The number of thioether (sulfide) groups is 1. The quantitative estimate of drug-likeness (QED) is 0.419. The Hall–Kier alpha value is -0.600. The molecule has 1 aromatic carbocycles. The summed E-state index contributed by atoms with van der Waals surface area (Å²) < 4.78 is 35.7. The molecular formula is C28H46N2O3S2. The molecule has 2 aliphatic carbocycles. The van der Waals surface area contributed by atoms with Crippen LogP contribution in [0.2, 0.25) is 0 Å². The van der Waals surface area contributed by atoms with Gasteiger partial charge < -0.3 is 4.74 Å². The predicted molar refractivity (Wildman–Crippen MR) is 147 cm³/mol. The molecule has 0 aromatic heterocycles. The zero-order valence-electron chi connectivity index (χ0n) is 22.6. The van der Waals surface area contributed by atoms with Gasteiger partial charge in [0.05, 0.1) is 19.0 Å². The first-order valence-electron chi connectivity index (χ1n) is 13.4. The molecule has 1 saturated heterocycles. The van der Waals surface area contributed by atoms with Crippen molar-refractivity contribution in [3.63, 3.8) is 0 Å². The summed E-state index contributed by atoms with van der Waals surface area (Å²) >= 11 is 2.05. The Bertz CT molecular complexity index is 952. The van der Waals surface area contributed by atoms with Crippen LogP contribution in [0.15, 0.2) is 30.3 Å². The summed E-state index contributed by atoms with van der Waals surface area (Å²) in [6.07, 6.45) is 3.25. The van der Waals surface area contributed by atoms with Crippen LogP contribution in [0.3, 0.4) is 0 Å². The van der Waals surface area contributed by atoms with Gasteiger partial charge in [-0.25, -0.2) is 8.42 Å². The van der Waals surface area contributed by atoms with Gasteiger partial charge in [0.15, 0.2) is 0 Å². The van der Waals surface area contributed by atoms with E-state index in [1.54, 1.807) is 4.31 Å². The minimum Gasteiger partial charge on any atom is -0.379 e. The largest absolute Gasteiger partial charge is 0.379 e. The fraction of sp³-hybridized carbons (Fsp3) is 0.786. The minimum absolute atomic E-state index is 0.0182. The number of nitrogens with zero attached hydrogens (tertiary/aromatic N) is 2. The normalized spacial score (nSPS) is 31.2. The summed E-state index contributed by atoms with van der Waals surface area (Å²) in [5.41, 5.74) is 1.04. The Labute approximate surface area is 218 Å². The third-order valence-electron chi connectivity index (χ3n) is 9.33. The van der Waals surface area contributed by atoms with Crippen LogP contribution in [0.25, 0.3) is 0 Å². The molecule has 0 radical (unpaired) electrons. The number of morpholine rings is 1. The molecule has 3 fully saturated rings. The number of benzene rings is 1. The van der Waals surface area contributed by atoms with E-state index in [-0.39, 0.29) is 33.4 Å². The molecule has 2 bridgehead atoms. The van der Waals surface area contributed by atoms with Gasteiger partial charge in [0.25, 0.3) is 0 Å². The Balaban J connectivity index is 1.75. The SMILES string of the molecule is CC(C)N(C(C)C)S(=O)(=O)CC12CCC(CC1(CN1CCOCC1)SCc1ccccc1)C2(C)C. The van der Waals surface area contributed by atoms with Crippen molar-refractivity contribution in [3.05, 3.63) is 35.9 Å². The van der Waals surface area contributed by atoms with Gasteiger partial charge in [-0.15, -0.1) is 11.8 Å². The van der Waals surface area contributed by atoms with Gasteiger partial charge in [0, 0.05) is 47.6 Å². The van der Waals surface area contributed by atoms with Crippen LogP contribution >= 0.6 is 11.8 Å². The molecule has 0 N–H and O–H groups in total. The summed E-state index contributed by atoms with van der Waals surface area (Å²) in [6, 6.07) is 10.6. The molecule has 3 aliphatic rings. The van der Waals surface area contributed by atoms with Crippen molar-refractivity contribution in [2.45, 2.75) is 83.4 Å². The van der Waals surface area contributed by atoms with Gasteiger partial charge in [-0.3, -0.25) is 4.90 Å². The van der Waals surface area contributed by atoms with Gasteiger partial charge in [-0.1, -0.05) is 44.2 Å². The Morgan fingerprint density at radius 1 is 1.09 bits per heavy atom. The van der Waals surface area contributed by atoms with E-state index in [4.69, 9.17) is 4.74 Å². The second-order valence-corrected chi connectivity index (χ2v) is 15.4. The number of hydrogen-bond acceptors (Lipinski definition) is 5. The number of sulfonamides is 1. The smallest absolute Gasteiger partial charge is 0.215 e. The first kappa shape index (κ1) is 27.4. The maximum absolute atomic E-state index is 14.2. The van der Waals surface area contributed by atoms with Crippen molar-refractivity contribution in [2.75, 3.05) is 38.6 Å². The molecule has 1 aliphatic heterocycles. The van der Waals surface area contributed by atoms with Crippen LogP contribution in [0.1, 0.15) is 66.4 Å². The third-order valence-corrected chi connectivity index (χ3v) is 13.4. The van der Waals surface area contributed by atoms with Gasteiger partial charge in [0.1, 0.15) is 0 Å². The summed E-state index contributed by atoms with van der Waals surface area (Å²) in [5.74, 6) is 1.74. The Morgan fingerprint density at radius 3 is 2.29 bits per heavy atom. The van der Waals surface area contributed by atoms with E-state index >= 15 is 0 Å². The highest BCUT2D eigenvalue weighted by atomic mass is 32.2. The van der Waals surface area contributed by atoms with E-state index in [2.05, 4.69) is 49.1 Å². The van der Waals surface area contributed by atoms with E-state index in [1.165, 1.54) is 5.56 Å². The van der Waals surface area contributed by atoms with Crippen molar-refractivity contribution in [1.29, 1.82) is 0 Å². The highest BCUT2D eigenvalue weighted by Crippen LogP contribution is 2.74. The van der Waals surface area contributed by atoms with E-state index in [0.717, 1.165) is 57.9 Å². The molecular weight excluding hydrogens is 476 g/mol. The predicted octanol–water partition coefficient (Wildman–Crippen LogP) is 5.27. The maximum atomic E-state index is 14.2. The Kier molecular flexibility index (Phi) is 8.06. The molecule has 35 heavy (non-hydrogen) atoms. The summed E-state index contributed by atoms with van der Waals surface area (Å²) in [5, 5.41) is 0. The second kappa shape index (κ2) is 10.3. The van der Waals surface area contributed by atoms with Crippen LogP contribution in [0, 0.1) is 16.7 Å². The van der Waals surface area contributed by atoms with Gasteiger partial charge in [-0.2, -0.15) is 4.31 Å². The average Bonchev–Trinajstić information content (AvgIpc) is 3.11. The van der Waals surface area contributed by atoms with Crippen molar-refractivity contribution in [3.8, 4) is 0 Å². The van der Waals surface area contributed by atoms with Crippen molar-refractivity contribution < 1.29 is 13.2 Å². The van der Waals surface area contributed by atoms with Crippen molar-refractivity contribution >= 4 is 21.8 Å². The van der Waals surface area contributed by atoms with Crippen LogP contribution in [-0.4, -0.2) is 73.1 Å². The molecule has 1 heterocycles. The zero-order valence-corrected chi connectivity index (χ0v) is 24.3. The highest BCUT2D eigenvalue weighted by Gasteiger charge is 2.72. The lowest BCUT2D eigenvalue weighted by Gasteiger charge is -2.53. The zero-order chi connectivity index (χ0) is 25.5. The topological polar surface area (TPSA) is 49.9 Å². The average molecular weight is 523 g/mol. The molecule has 1 aromatic rings. The van der Waals surface area contributed by atoms with Crippen LogP contribution in [0.4, 0.5) is 0 Å². The number of fused-ring (bicyclic) bond motifs is 2. The molecule has 5 nitrogen and oxygen atoms in total. The lowest BCUT2D eigenvalue weighted by Crippen LogP contribution is -2.59. The van der Waals surface area contributed by atoms with E-state index < -0.39 is 10.0 Å². The standard InChI is InChI=1S/C28H46N2O3S2/c1-22(2)30(23(3)4)35(31,32)21-27-13-12-25(26(27,5)6)18-28(27,20-29-14-16-33-17-15-29)34-19-24-10-8-7-9-11-24/h7-11,22-23,25H,12-21H2,1-6H3. The number of ether oxygens (including phenoxy) is 1. The van der Waals surface area contributed by atoms with Gasteiger partial charge >= 0.3 is 0 Å². The van der Waals surface area contributed by atoms with Crippen LogP contribution < -0.4 is 0 Å². The molecule has 3 atom stereocenters. The molecule has 2 saturated carbocycles. The van der Waals surface area contributed by atoms with Gasteiger partial charge in [0.2, 0.25) is 10.0 Å². The number of hydrogen-bond donors (Lipinski definition) is 0. The lowest BCUT2D eigenvalue weighted by atomic mass is 9.65. The van der Waals surface area contributed by atoms with Crippen LogP contribution in [-0.2, 0) is 20.5 Å². The maximum Gasteiger partial charge on any atom is 0.215 e. The van der Waals surface area contributed by atoms with Gasteiger partial charge in [-0.05, 0) is 63.9 Å². The van der Waals surface area contributed by atoms with E-state index in [0.29, 0.717) is 5.92 Å². The fourth-order valence-corrected chi connectivity index (χ4v) is 12.5. The third kappa shape index (κ3) is 4.97. The number of rotatable bonds is 10. The fourth-order valence-electron chi connectivity index (χ4n) is 7.65. The first-order valence-corrected chi connectivity index (χ1v) is 16.0. The molecule has 7 heteroatoms. The van der Waals surface area contributed by atoms with E-state index in [1.807, 2.05) is 39.5 Å². The Morgan fingerprint density at radius 2 is 1.71 bits per heavy atom. The van der Waals surface area contributed by atoms with Crippen molar-refractivity contribution in [1.82, 2.24) is 9.21 Å². The molecule has 4 rings (SSSR count).